The van der Waals surface area contributed by atoms with Gasteiger partial charge in [0.1, 0.15) is 12.6 Å². The molecule has 3 amide bonds. The predicted molar refractivity (Wildman–Crippen MR) is 119 cm³/mol. The molecule has 2 rings (SSSR count). The Bertz CT molecular complexity index is 899. The van der Waals surface area contributed by atoms with Gasteiger partial charge >= 0.3 is 12.2 Å². The van der Waals surface area contributed by atoms with Crippen molar-refractivity contribution in [1.82, 2.24) is 10.2 Å². The number of carbonyl (C=O) groups excluding carboxylic acids is 4. The van der Waals surface area contributed by atoms with E-state index in [1.54, 1.807) is 18.2 Å². The Morgan fingerprint density at radius 3 is 2.24 bits per heavy atom. The van der Waals surface area contributed by atoms with Crippen molar-refractivity contribution in [3.05, 3.63) is 35.9 Å². The standard InChI is InChI=1S/C24H33FN2O6/c1-7-23(6,8-2)15-32-20(30)26-18(17-12-10-9-11-13-17)24(25,16(3)28)19(29)27-21(31)33-14-22(27,4)5/h9-13,18H,7-8,14-15H2,1-6H3,(H,26,30)/t18-,24+/m1/s1. The molecule has 1 fully saturated rings. The van der Waals surface area contributed by atoms with Gasteiger partial charge in [0.15, 0.2) is 5.78 Å². The average molecular weight is 465 g/mol. The normalized spacial score (nSPS) is 18.2. The van der Waals surface area contributed by atoms with Crippen LogP contribution in [0.3, 0.4) is 0 Å². The smallest absolute Gasteiger partial charge is 0.417 e. The Balaban J connectivity index is 2.45. The van der Waals surface area contributed by atoms with Gasteiger partial charge in [0, 0.05) is 5.41 Å². The molecule has 1 N–H and O–H groups in total. The minimum atomic E-state index is -3.28. The van der Waals surface area contributed by atoms with Gasteiger partial charge in [-0.15, -0.1) is 0 Å². The van der Waals surface area contributed by atoms with Crippen LogP contribution in [0.15, 0.2) is 30.3 Å². The number of halogens is 1. The molecular weight excluding hydrogens is 431 g/mol. The highest BCUT2D eigenvalue weighted by molar-refractivity contribution is 6.14. The monoisotopic (exact) mass is 464 g/mol. The summed E-state index contributed by atoms with van der Waals surface area (Å²) in [6, 6.07) is 6.06. The van der Waals surface area contributed by atoms with E-state index in [0.29, 0.717) is 4.90 Å². The van der Waals surface area contributed by atoms with Gasteiger partial charge in [0.2, 0.25) is 0 Å². The lowest BCUT2D eigenvalue weighted by Crippen LogP contribution is -2.61. The zero-order chi connectivity index (χ0) is 25.0. The molecule has 1 heterocycles. The fourth-order valence-electron chi connectivity index (χ4n) is 3.52. The molecule has 0 spiro atoms. The van der Waals surface area contributed by atoms with E-state index in [0.717, 1.165) is 19.8 Å². The Hall–Kier alpha value is -2.97. The molecule has 33 heavy (non-hydrogen) atoms. The molecule has 0 aromatic heterocycles. The first-order valence-corrected chi connectivity index (χ1v) is 11.0. The number of alkyl halides is 1. The first-order valence-electron chi connectivity index (χ1n) is 11.0. The molecule has 0 aliphatic carbocycles. The third-order valence-electron chi connectivity index (χ3n) is 6.42. The zero-order valence-corrected chi connectivity index (χ0v) is 20.1. The highest BCUT2D eigenvalue weighted by Gasteiger charge is 2.59. The maximum absolute atomic E-state index is 16.6. The number of amides is 3. The molecule has 2 atom stereocenters. The van der Waals surface area contributed by atoms with Crippen molar-refractivity contribution in [2.75, 3.05) is 13.2 Å². The van der Waals surface area contributed by atoms with Gasteiger partial charge in [0.05, 0.1) is 12.1 Å². The molecular formula is C24H33FN2O6. The SMILES string of the molecule is CCC(C)(CC)COC(=O)N[C@H](c1ccccc1)[C@@](F)(C(C)=O)C(=O)N1C(=O)OCC1(C)C. The number of Topliss-reactive ketones (excluding diaryl/α,β-unsaturated/α-hetero) is 1. The molecule has 0 unspecified atom stereocenters. The summed E-state index contributed by atoms with van der Waals surface area (Å²) in [5, 5.41) is 2.37. The van der Waals surface area contributed by atoms with Crippen molar-refractivity contribution >= 4 is 23.9 Å². The summed E-state index contributed by atoms with van der Waals surface area (Å²) >= 11 is 0. The number of benzene rings is 1. The van der Waals surface area contributed by atoms with E-state index in [1.165, 1.54) is 26.0 Å². The molecule has 1 aliphatic rings. The van der Waals surface area contributed by atoms with Gasteiger partial charge < -0.3 is 14.8 Å². The quantitative estimate of drug-likeness (QED) is 0.546. The highest BCUT2D eigenvalue weighted by Crippen LogP contribution is 2.37. The number of cyclic esters (lactones) is 1. The second-order valence-corrected chi connectivity index (χ2v) is 9.36. The maximum atomic E-state index is 16.6. The molecule has 1 aromatic carbocycles. The van der Waals surface area contributed by atoms with Crippen molar-refractivity contribution in [2.45, 2.75) is 71.6 Å². The highest BCUT2D eigenvalue weighted by atomic mass is 19.1. The van der Waals surface area contributed by atoms with Crippen LogP contribution in [0.25, 0.3) is 0 Å². The van der Waals surface area contributed by atoms with Crippen molar-refractivity contribution in [1.29, 1.82) is 0 Å². The minimum absolute atomic E-state index is 0.0755. The molecule has 0 bridgehead atoms. The van der Waals surface area contributed by atoms with Crippen molar-refractivity contribution in [3.8, 4) is 0 Å². The van der Waals surface area contributed by atoms with E-state index < -0.39 is 41.1 Å². The van der Waals surface area contributed by atoms with Crippen LogP contribution in [0.1, 0.15) is 66.0 Å². The van der Waals surface area contributed by atoms with Crippen molar-refractivity contribution < 1.29 is 33.0 Å². The minimum Gasteiger partial charge on any atom is -0.449 e. The van der Waals surface area contributed by atoms with E-state index in [4.69, 9.17) is 9.47 Å². The summed E-state index contributed by atoms with van der Waals surface area (Å²) in [4.78, 5) is 51.5. The van der Waals surface area contributed by atoms with Crippen LogP contribution in [0.2, 0.25) is 0 Å². The summed E-state index contributed by atoms with van der Waals surface area (Å²) in [7, 11) is 0. The van der Waals surface area contributed by atoms with Gasteiger partial charge in [-0.1, -0.05) is 51.1 Å². The van der Waals surface area contributed by atoms with Crippen molar-refractivity contribution in [3.63, 3.8) is 0 Å². The Morgan fingerprint density at radius 1 is 1.21 bits per heavy atom. The summed E-state index contributed by atoms with van der Waals surface area (Å²) < 4.78 is 26.8. The van der Waals surface area contributed by atoms with E-state index in [9.17, 15) is 19.2 Å². The molecule has 1 aliphatic heterocycles. The number of carbonyl (C=O) groups is 4. The van der Waals surface area contributed by atoms with Crippen LogP contribution in [0.4, 0.5) is 14.0 Å². The maximum Gasteiger partial charge on any atom is 0.417 e. The van der Waals surface area contributed by atoms with E-state index in [1.807, 2.05) is 20.8 Å². The van der Waals surface area contributed by atoms with Gasteiger partial charge in [-0.25, -0.2) is 18.9 Å². The second-order valence-electron chi connectivity index (χ2n) is 9.36. The lowest BCUT2D eigenvalue weighted by molar-refractivity contribution is -0.153. The number of nitrogens with zero attached hydrogens (tertiary/aromatic N) is 1. The summed E-state index contributed by atoms with van der Waals surface area (Å²) in [6.45, 7) is 9.76. The van der Waals surface area contributed by atoms with Gasteiger partial charge in [-0.2, -0.15) is 0 Å². The molecule has 9 heteroatoms. The number of ketones is 1. The fraction of sp³-hybridized carbons (Fsp3) is 0.583. The average Bonchev–Trinajstić information content (AvgIpc) is 3.07. The number of alkyl carbamates (subject to hydrolysis) is 1. The number of hydrogen-bond acceptors (Lipinski definition) is 6. The number of ether oxygens (including phenoxy) is 2. The third kappa shape index (κ3) is 5.34. The number of hydrogen-bond donors (Lipinski definition) is 1. The number of nitrogens with one attached hydrogen (secondary N) is 1. The first-order chi connectivity index (χ1) is 15.3. The molecule has 1 aromatic rings. The van der Waals surface area contributed by atoms with Gasteiger partial charge in [-0.05, 0) is 39.2 Å². The van der Waals surface area contributed by atoms with Crippen LogP contribution < -0.4 is 5.32 Å². The zero-order valence-electron chi connectivity index (χ0n) is 20.1. The molecule has 1 saturated heterocycles. The summed E-state index contributed by atoms with van der Waals surface area (Å²) in [6.07, 6.45) is -0.519. The lowest BCUT2D eigenvalue weighted by atomic mass is 9.84. The van der Waals surface area contributed by atoms with Crippen LogP contribution in [0, 0.1) is 5.41 Å². The van der Waals surface area contributed by atoms with Gasteiger partial charge in [-0.3, -0.25) is 9.59 Å². The largest absolute Gasteiger partial charge is 0.449 e. The first kappa shape index (κ1) is 26.3. The fourth-order valence-corrected chi connectivity index (χ4v) is 3.52. The summed E-state index contributed by atoms with van der Waals surface area (Å²) in [5.41, 5.74) is -4.56. The Morgan fingerprint density at radius 2 is 1.79 bits per heavy atom. The van der Waals surface area contributed by atoms with Crippen molar-refractivity contribution in [2.24, 2.45) is 5.41 Å². The topological polar surface area (TPSA) is 102 Å². The van der Waals surface area contributed by atoms with Crippen LogP contribution in [-0.4, -0.2) is 53.2 Å². The van der Waals surface area contributed by atoms with E-state index >= 15 is 4.39 Å². The van der Waals surface area contributed by atoms with Crippen LogP contribution in [-0.2, 0) is 19.1 Å². The second kappa shape index (κ2) is 9.89. The van der Waals surface area contributed by atoms with Crippen LogP contribution in [0.5, 0.6) is 0 Å². The number of rotatable bonds is 9. The third-order valence-corrected chi connectivity index (χ3v) is 6.42. The molecule has 0 radical (unpaired) electrons. The van der Waals surface area contributed by atoms with Crippen LogP contribution >= 0.6 is 0 Å². The molecule has 182 valence electrons. The number of imide groups is 1. The Labute approximate surface area is 193 Å². The van der Waals surface area contributed by atoms with Gasteiger partial charge in [0.25, 0.3) is 11.6 Å². The molecule has 8 nitrogen and oxygen atoms in total. The van der Waals surface area contributed by atoms with E-state index in [2.05, 4.69) is 5.32 Å². The Kier molecular flexibility index (Phi) is 7.87. The molecule has 0 saturated carbocycles. The predicted octanol–water partition coefficient (Wildman–Crippen LogP) is 4.33. The lowest BCUT2D eigenvalue weighted by Gasteiger charge is -2.36. The van der Waals surface area contributed by atoms with E-state index in [-0.39, 0.29) is 24.2 Å². The summed E-state index contributed by atoms with van der Waals surface area (Å²) in [5.74, 6) is -2.56.